The Morgan fingerprint density at radius 1 is 1.38 bits per heavy atom. The van der Waals surface area contributed by atoms with Gasteiger partial charge in [0.15, 0.2) is 0 Å². The zero-order valence-electron chi connectivity index (χ0n) is 13.2. The number of nitrogens with one attached hydrogen (secondary N) is 1. The van der Waals surface area contributed by atoms with Gasteiger partial charge in [0.25, 0.3) is 0 Å². The molecule has 0 radical (unpaired) electrons. The molecule has 1 unspecified atom stereocenters. The predicted octanol–water partition coefficient (Wildman–Crippen LogP) is 2.21. The molecule has 1 amide bonds. The quantitative estimate of drug-likeness (QED) is 0.904. The third-order valence-corrected chi connectivity index (χ3v) is 3.54. The van der Waals surface area contributed by atoms with E-state index in [2.05, 4.69) is 31.0 Å². The number of nitrogens with zero attached hydrogens (tertiary/aromatic N) is 1. The smallest absolute Gasteiger partial charge is 0.220 e. The molecule has 1 N–H and O–H groups in total. The Morgan fingerprint density at radius 3 is 2.67 bits per heavy atom. The number of hydrogen-bond donors (Lipinski definition) is 1. The molecule has 118 valence electrons. The molecule has 5 heteroatoms. The van der Waals surface area contributed by atoms with Crippen LogP contribution >= 0.6 is 0 Å². The largest absolute Gasteiger partial charge is 0.468 e. The molecular weight excluding hydrogens is 268 g/mol. The van der Waals surface area contributed by atoms with E-state index in [9.17, 15) is 4.79 Å². The van der Waals surface area contributed by atoms with Crippen LogP contribution in [0.15, 0.2) is 22.8 Å². The van der Waals surface area contributed by atoms with Crippen LogP contribution in [0.4, 0.5) is 0 Å². The first-order chi connectivity index (χ1) is 9.96. The van der Waals surface area contributed by atoms with Crippen LogP contribution in [-0.2, 0) is 9.53 Å². The Kier molecular flexibility index (Phi) is 5.42. The van der Waals surface area contributed by atoms with Crippen molar-refractivity contribution in [1.82, 2.24) is 10.2 Å². The van der Waals surface area contributed by atoms with Gasteiger partial charge < -0.3 is 14.5 Å². The summed E-state index contributed by atoms with van der Waals surface area (Å²) in [6.07, 6.45) is 2.21. The maximum Gasteiger partial charge on any atom is 0.220 e. The van der Waals surface area contributed by atoms with Crippen molar-refractivity contribution in [3.05, 3.63) is 24.2 Å². The molecule has 1 aliphatic rings. The van der Waals surface area contributed by atoms with E-state index in [1.54, 1.807) is 6.26 Å². The molecule has 2 rings (SSSR count). The van der Waals surface area contributed by atoms with Crippen LogP contribution in [0, 0.1) is 5.41 Å². The molecule has 1 aromatic heterocycles. The third-order valence-electron chi connectivity index (χ3n) is 3.54. The van der Waals surface area contributed by atoms with E-state index in [1.165, 1.54) is 0 Å². The molecule has 1 saturated heterocycles. The highest BCUT2D eigenvalue weighted by atomic mass is 16.5. The number of hydrogen-bond acceptors (Lipinski definition) is 4. The minimum Gasteiger partial charge on any atom is -0.468 e. The monoisotopic (exact) mass is 294 g/mol. The van der Waals surface area contributed by atoms with Gasteiger partial charge in [-0.05, 0) is 17.5 Å². The molecule has 5 nitrogen and oxygen atoms in total. The van der Waals surface area contributed by atoms with Crippen molar-refractivity contribution >= 4 is 5.91 Å². The highest BCUT2D eigenvalue weighted by Crippen LogP contribution is 2.22. The second-order valence-electron chi connectivity index (χ2n) is 6.72. The standard InChI is InChI=1S/C16H26N2O3/c1-16(2,3)11-15(19)17-12-13(14-5-4-8-21-14)18-6-9-20-10-7-18/h4-5,8,13H,6-7,9-12H2,1-3H3,(H,17,19). The number of amides is 1. The van der Waals surface area contributed by atoms with E-state index >= 15 is 0 Å². The van der Waals surface area contributed by atoms with Crippen LogP contribution in [0.3, 0.4) is 0 Å². The van der Waals surface area contributed by atoms with Gasteiger partial charge in [-0.1, -0.05) is 20.8 Å². The topological polar surface area (TPSA) is 54.7 Å². The maximum absolute atomic E-state index is 12.0. The van der Waals surface area contributed by atoms with Crippen LogP contribution in [-0.4, -0.2) is 43.7 Å². The van der Waals surface area contributed by atoms with Gasteiger partial charge in [0.1, 0.15) is 5.76 Å². The summed E-state index contributed by atoms with van der Waals surface area (Å²) in [4.78, 5) is 14.3. The molecule has 2 heterocycles. The van der Waals surface area contributed by atoms with Crippen molar-refractivity contribution in [3.63, 3.8) is 0 Å². The second-order valence-corrected chi connectivity index (χ2v) is 6.72. The average molecular weight is 294 g/mol. The molecule has 1 atom stereocenters. The summed E-state index contributed by atoms with van der Waals surface area (Å²) in [5.74, 6) is 0.986. The summed E-state index contributed by atoms with van der Waals surface area (Å²) >= 11 is 0. The van der Waals surface area contributed by atoms with Gasteiger partial charge in [0.05, 0.1) is 25.5 Å². The van der Waals surface area contributed by atoms with Crippen LogP contribution < -0.4 is 5.32 Å². The van der Waals surface area contributed by atoms with Crippen molar-refractivity contribution < 1.29 is 13.9 Å². The Balaban J connectivity index is 1.95. The molecule has 1 aliphatic heterocycles. The molecule has 0 bridgehead atoms. The minimum absolute atomic E-state index is 0.00320. The summed E-state index contributed by atoms with van der Waals surface area (Å²) in [5.41, 5.74) is 0.00320. The van der Waals surface area contributed by atoms with Gasteiger partial charge >= 0.3 is 0 Å². The van der Waals surface area contributed by atoms with E-state index in [-0.39, 0.29) is 17.4 Å². The molecule has 0 saturated carbocycles. The molecular formula is C16H26N2O3. The molecule has 0 aromatic carbocycles. The third kappa shape index (κ3) is 5.17. The molecule has 0 spiro atoms. The van der Waals surface area contributed by atoms with E-state index in [4.69, 9.17) is 9.15 Å². The van der Waals surface area contributed by atoms with Crippen molar-refractivity contribution in [3.8, 4) is 0 Å². The second kappa shape index (κ2) is 7.09. The highest BCUT2D eigenvalue weighted by Gasteiger charge is 2.25. The van der Waals surface area contributed by atoms with E-state index in [0.717, 1.165) is 32.1 Å². The summed E-state index contributed by atoms with van der Waals surface area (Å²) in [5, 5.41) is 3.04. The van der Waals surface area contributed by atoms with Crippen LogP contribution in [0.2, 0.25) is 0 Å². The lowest BCUT2D eigenvalue weighted by Crippen LogP contribution is -2.44. The van der Waals surface area contributed by atoms with Crippen LogP contribution in [0.25, 0.3) is 0 Å². The lowest BCUT2D eigenvalue weighted by molar-refractivity contribution is -0.123. The molecule has 0 aliphatic carbocycles. The summed E-state index contributed by atoms with van der Waals surface area (Å²) in [6.45, 7) is 9.96. The molecule has 1 fully saturated rings. The first-order valence-corrected chi connectivity index (χ1v) is 7.57. The number of carbonyl (C=O) groups is 1. The number of carbonyl (C=O) groups excluding carboxylic acids is 1. The van der Waals surface area contributed by atoms with Crippen molar-refractivity contribution in [2.75, 3.05) is 32.8 Å². The van der Waals surface area contributed by atoms with E-state index < -0.39 is 0 Å². The summed E-state index contributed by atoms with van der Waals surface area (Å²) in [6, 6.07) is 3.93. The minimum atomic E-state index is 0.00320. The highest BCUT2D eigenvalue weighted by molar-refractivity contribution is 5.76. The van der Waals surface area contributed by atoms with Gasteiger partial charge in [-0.2, -0.15) is 0 Å². The average Bonchev–Trinajstić information content (AvgIpc) is 2.92. The van der Waals surface area contributed by atoms with E-state index in [0.29, 0.717) is 13.0 Å². The lowest BCUT2D eigenvalue weighted by atomic mass is 9.92. The van der Waals surface area contributed by atoms with Gasteiger partial charge in [0, 0.05) is 26.1 Å². The zero-order chi connectivity index (χ0) is 15.3. The van der Waals surface area contributed by atoms with Crippen LogP contribution in [0.1, 0.15) is 39.0 Å². The van der Waals surface area contributed by atoms with Gasteiger partial charge in [0.2, 0.25) is 5.91 Å². The SMILES string of the molecule is CC(C)(C)CC(=O)NCC(c1ccco1)N1CCOCC1. The predicted molar refractivity (Wildman–Crippen MR) is 80.9 cm³/mol. The first kappa shape index (κ1) is 16.0. The van der Waals surface area contributed by atoms with E-state index in [1.807, 2.05) is 12.1 Å². The zero-order valence-corrected chi connectivity index (χ0v) is 13.2. The Morgan fingerprint density at radius 2 is 2.10 bits per heavy atom. The Labute approximate surface area is 126 Å². The number of morpholine rings is 1. The fraction of sp³-hybridized carbons (Fsp3) is 0.688. The lowest BCUT2D eigenvalue weighted by Gasteiger charge is -2.33. The molecule has 1 aromatic rings. The Bertz CT molecular complexity index is 431. The normalized spacial score (nSPS) is 18.4. The van der Waals surface area contributed by atoms with Crippen molar-refractivity contribution in [1.29, 1.82) is 0 Å². The number of furan rings is 1. The first-order valence-electron chi connectivity index (χ1n) is 7.57. The Hall–Kier alpha value is -1.33. The van der Waals surface area contributed by atoms with Gasteiger partial charge in [-0.3, -0.25) is 9.69 Å². The van der Waals surface area contributed by atoms with Gasteiger partial charge in [-0.25, -0.2) is 0 Å². The fourth-order valence-electron chi connectivity index (χ4n) is 2.53. The maximum atomic E-state index is 12.0. The number of ether oxygens (including phenoxy) is 1. The van der Waals surface area contributed by atoms with Crippen LogP contribution in [0.5, 0.6) is 0 Å². The summed E-state index contributed by atoms with van der Waals surface area (Å²) in [7, 11) is 0. The van der Waals surface area contributed by atoms with Crippen molar-refractivity contribution in [2.45, 2.75) is 33.2 Å². The number of rotatable bonds is 5. The molecule has 21 heavy (non-hydrogen) atoms. The van der Waals surface area contributed by atoms with Crippen molar-refractivity contribution in [2.24, 2.45) is 5.41 Å². The summed E-state index contributed by atoms with van der Waals surface area (Å²) < 4.78 is 10.9. The fourth-order valence-corrected chi connectivity index (χ4v) is 2.53. The van der Waals surface area contributed by atoms with Gasteiger partial charge in [-0.15, -0.1) is 0 Å².